The lowest BCUT2D eigenvalue weighted by atomic mass is 9.93. The Morgan fingerprint density at radius 2 is 1.71 bits per heavy atom. The van der Waals surface area contributed by atoms with Gasteiger partial charge in [0.15, 0.2) is 0 Å². The predicted molar refractivity (Wildman–Crippen MR) is 60.9 cm³/mol. The fourth-order valence-corrected chi connectivity index (χ4v) is 2.49. The molecule has 0 N–H and O–H groups in total. The van der Waals surface area contributed by atoms with Crippen LogP contribution in [0.4, 0.5) is 0 Å². The molecule has 0 aliphatic heterocycles. The van der Waals surface area contributed by atoms with Crippen molar-refractivity contribution in [3.05, 3.63) is 22.8 Å². The van der Waals surface area contributed by atoms with Crippen molar-refractivity contribution >= 4 is 0 Å². The van der Waals surface area contributed by atoms with E-state index in [1.165, 1.54) is 56.1 Å². The Balaban J connectivity index is 2.12. The summed E-state index contributed by atoms with van der Waals surface area (Å²) in [7, 11) is 0. The highest BCUT2D eigenvalue weighted by Gasteiger charge is 2.12. The summed E-state index contributed by atoms with van der Waals surface area (Å²) >= 11 is 0. The number of rotatable bonds is 1. The molecule has 0 radical (unpaired) electrons. The van der Waals surface area contributed by atoms with Crippen LogP contribution in [-0.2, 0) is 0 Å². The molecule has 0 amide bonds. The molecule has 2 rings (SSSR count). The van der Waals surface area contributed by atoms with E-state index >= 15 is 0 Å². The van der Waals surface area contributed by atoms with Gasteiger partial charge in [0, 0.05) is 5.57 Å². The molecule has 14 heavy (non-hydrogen) atoms. The van der Waals surface area contributed by atoms with Crippen LogP contribution < -0.4 is 0 Å². The molecule has 0 spiro atoms. The first-order valence-electron chi connectivity index (χ1n) is 5.78. The molecule has 0 nitrogen and oxygen atoms in total. The maximum absolute atomic E-state index is 5.49. The van der Waals surface area contributed by atoms with Crippen LogP contribution in [0.2, 0.25) is 0 Å². The van der Waals surface area contributed by atoms with E-state index in [1.54, 1.807) is 5.57 Å². The van der Waals surface area contributed by atoms with Crippen LogP contribution in [0, 0.1) is 12.3 Å². The molecule has 1 fully saturated rings. The second kappa shape index (κ2) is 4.51. The minimum Gasteiger partial charge on any atom is -0.115 e. The Bertz CT molecular complexity index is 301. The lowest BCUT2D eigenvalue weighted by Gasteiger charge is -2.13. The lowest BCUT2D eigenvalue weighted by molar-refractivity contribution is 0.598. The van der Waals surface area contributed by atoms with E-state index in [0.717, 1.165) is 6.42 Å². The van der Waals surface area contributed by atoms with Gasteiger partial charge in [-0.05, 0) is 50.5 Å². The summed E-state index contributed by atoms with van der Waals surface area (Å²) in [6, 6.07) is 0. The van der Waals surface area contributed by atoms with Crippen molar-refractivity contribution < 1.29 is 0 Å². The second-order valence-corrected chi connectivity index (χ2v) is 4.36. The Morgan fingerprint density at radius 1 is 0.929 bits per heavy atom. The average molecular weight is 186 g/mol. The van der Waals surface area contributed by atoms with Crippen molar-refractivity contribution in [2.45, 2.75) is 51.4 Å². The summed E-state index contributed by atoms with van der Waals surface area (Å²) in [4.78, 5) is 0. The van der Waals surface area contributed by atoms with Crippen molar-refractivity contribution in [1.82, 2.24) is 0 Å². The van der Waals surface area contributed by atoms with Crippen LogP contribution in [0.1, 0.15) is 51.4 Å². The van der Waals surface area contributed by atoms with Gasteiger partial charge in [-0.25, -0.2) is 0 Å². The highest BCUT2D eigenvalue weighted by atomic mass is 14.2. The molecular formula is C14H18. The van der Waals surface area contributed by atoms with Gasteiger partial charge >= 0.3 is 0 Å². The SMILES string of the molecule is C#CC1=C(C=C2CCCCC2)CCC1. The average Bonchev–Trinajstić information content (AvgIpc) is 2.67. The molecule has 2 aliphatic rings. The molecule has 0 aromatic rings. The van der Waals surface area contributed by atoms with E-state index in [-0.39, 0.29) is 0 Å². The maximum atomic E-state index is 5.49. The number of terminal acetylenes is 1. The van der Waals surface area contributed by atoms with Crippen LogP contribution in [0.5, 0.6) is 0 Å². The Morgan fingerprint density at radius 3 is 2.43 bits per heavy atom. The normalized spacial score (nSPS) is 22.4. The van der Waals surface area contributed by atoms with Crippen molar-refractivity contribution in [2.24, 2.45) is 0 Å². The maximum Gasteiger partial charge on any atom is 0.00497 e. The van der Waals surface area contributed by atoms with Crippen molar-refractivity contribution in [3.63, 3.8) is 0 Å². The third-order valence-electron chi connectivity index (χ3n) is 3.31. The quantitative estimate of drug-likeness (QED) is 0.543. The van der Waals surface area contributed by atoms with Crippen LogP contribution in [-0.4, -0.2) is 0 Å². The molecule has 0 atom stereocenters. The summed E-state index contributed by atoms with van der Waals surface area (Å²) in [5, 5.41) is 0. The summed E-state index contributed by atoms with van der Waals surface area (Å²) < 4.78 is 0. The smallest absolute Gasteiger partial charge is 0.00497 e. The first-order chi connectivity index (χ1) is 6.90. The minimum absolute atomic E-state index is 1.13. The number of allylic oxidation sites excluding steroid dienone is 4. The van der Waals surface area contributed by atoms with Gasteiger partial charge in [-0.15, -0.1) is 6.42 Å². The molecule has 0 aromatic carbocycles. The van der Waals surface area contributed by atoms with Crippen molar-refractivity contribution in [2.75, 3.05) is 0 Å². The molecule has 0 aromatic heterocycles. The van der Waals surface area contributed by atoms with E-state index in [4.69, 9.17) is 6.42 Å². The second-order valence-electron chi connectivity index (χ2n) is 4.36. The Kier molecular flexibility index (Phi) is 3.09. The molecular weight excluding hydrogens is 168 g/mol. The zero-order chi connectivity index (χ0) is 9.80. The van der Waals surface area contributed by atoms with Gasteiger partial charge in [0.25, 0.3) is 0 Å². The van der Waals surface area contributed by atoms with Crippen LogP contribution in [0.3, 0.4) is 0 Å². The van der Waals surface area contributed by atoms with Gasteiger partial charge < -0.3 is 0 Å². The fraction of sp³-hybridized carbons (Fsp3) is 0.571. The molecule has 2 aliphatic carbocycles. The zero-order valence-electron chi connectivity index (χ0n) is 8.81. The molecule has 1 saturated carbocycles. The third-order valence-corrected chi connectivity index (χ3v) is 3.31. The Labute approximate surface area is 87.1 Å². The summed E-state index contributed by atoms with van der Waals surface area (Å²) in [5.74, 6) is 2.84. The highest BCUT2D eigenvalue weighted by Crippen LogP contribution is 2.30. The van der Waals surface area contributed by atoms with E-state index in [9.17, 15) is 0 Å². The third kappa shape index (κ3) is 2.10. The predicted octanol–water partition coefficient (Wildman–Crippen LogP) is 3.99. The summed E-state index contributed by atoms with van der Waals surface area (Å²) in [6.45, 7) is 0. The zero-order valence-corrected chi connectivity index (χ0v) is 8.81. The van der Waals surface area contributed by atoms with E-state index in [1.807, 2.05) is 0 Å². The first-order valence-corrected chi connectivity index (χ1v) is 5.78. The van der Waals surface area contributed by atoms with Gasteiger partial charge in [0.1, 0.15) is 0 Å². The lowest BCUT2D eigenvalue weighted by Crippen LogP contribution is -1.94. The largest absolute Gasteiger partial charge is 0.115 e. The molecule has 0 heteroatoms. The topological polar surface area (TPSA) is 0 Å². The van der Waals surface area contributed by atoms with Gasteiger partial charge in [-0.2, -0.15) is 0 Å². The monoisotopic (exact) mass is 186 g/mol. The molecule has 0 heterocycles. The molecule has 0 saturated heterocycles. The highest BCUT2D eigenvalue weighted by molar-refractivity contribution is 5.41. The van der Waals surface area contributed by atoms with Gasteiger partial charge in [-0.3, -0.25) is 0 Å². The number of hydrogen-bond acceptors (Lipinski definition) is 0. The van der Waals surface area contributed by atoms with Gasteiger partial charge in [-0.1, -0.05) is 24.0 Å². The fourth-order valence-electron chi connectivity index (χ4n) is 2.49. The molecule has 74 valence electrons. The van der Waals surface area contributed by atoms with E-state index in [0.29, 0.717) is 0 Å². The summed E-state index contributed by atoms with van der Waals surface area (Å²) in [6.07, 6.45) is 18.3. The van der Waals surface area contributed by atoms with Crippen molar-refractivity contribution in [1.29, 1.82) is 0 Å². The van der Waals surface area contributed by atoms with Crippen LogP contribution >= 0.6 is 0 Å². The van der Waals surface area contributed by atoms with Crippen LogP contribution in [0.25, 0.3) is 0 Å². The Hall–Kier alpha value is -0.960. The molecule has 0 unspecified atom stereocenters. The molecule has 0 bridgehead atoms. The van der Waals surface area contributed by atoms with E-state index in [2.05, 4.69) is 12.0 Å². The van der Waals surface area contributed by atoms with Crippen LogP contribution in [0.15, 0.2) is 22.8 Å². The van der Waals surface area contributed by atoms with Crippen molar-refractivity contribution in [3.8, 4) is 12.3 Å². The first kappa shape index (κ1) is 9.59. The van der Waals surface area contributed by atoms with Gasteiger partial charge in [0.05, 0.1) is 0 Å². The number of hydrogen-bond donors (Lipinski definition) is 0. The van der Waals surface area contributed by atoms with E-state index < -0.39 is 0 Å². The van der Waals surface area contributed by atoms with Gasteiger partial charge in [0.2, 0.25) is 0 Å². The minimum atomic E-state index is 1.13. The summed E-state index contributed by atoms with van der Waals surface area (Å²) in [5.41, 5.74) is 4.37. The standard InChI is InChI=1S/C14H18/c1-2-13-9-6-10-14(13)11-12-7-4-3-5-8-12/h1,11H,3-10H2.